The molecular weight excluding hydrogens is 264 g/mol. The first-order chi connectivity index (χ1) is 9.43. The van der Waals surface area contributed by atoms with E-state index in [1.807, 2.05) is 0 Å². The number of carboxylic acid groups (broad SMARTS) is 1. The van der Waals surface area contributed by atoms with Gasteiger partial charge in [-0.3, -0.25) is 24.1 Å². The fourth-order valence-corrected chi connectivity index (χ4v) is 2.15. The highest BCUT2D eigenvalue weighted by Crippen LogP contribution is 2.25. The number of fused-ring (bicyclic) bond motifs is 1. The van der Waals surface area contributed by atoms with E-state index in [0.717, 1.165) is 4.90 Å². The summed E-state index contributed by atoms with van der Waals surface area (Å²) >= 11 is 0. The monoisotopic (exact) mass is 276 g/mol. The second-order valence-electron chi connectivity index (χ2n) is 4.38. The highest BCUT2D eigenvalue weighted by Gasteiger charge is 2.41. The molecule has 1 aromatic carbocycles. The smallest absolute Gasteiger partial charge is 0.303 e. The van der Waals surface area contributed by atoms with Gasteiger partial charge in [-0.25, -0.2) is 0 Å². The Morgan fingerprint density at radius 3 is 2.05 bits per heavy atom. The van der Waals surface area contributed by atoms with E-state index in [0.29, 0.717) is 0 Å². The van der Waals surface area contributed by atoms with Crippen LogP contribution in [0.25, 0.3) is 0 Å². The van der Waals surface area contributed by atoms with Crippen LogP contribution in [0.15, 0.2) is 24.3 Å². The van der Waals surface area contributed by atoms with Crippen molar-refractivity contribution >= 4 is 23.7 Å². The molecule has 104 valence electrons. The summed E-state index contributed by atoms with van der Waals surface area (Å²) in [7, 11) is 0. The van der Waals surface area contributed by atoms with Gasteiger partial charge in [0, 0.05) is 6.42 Å². The van der Waals surface area contributed by atoms with Gasteiger partial charge < -0.3 is 10.8 Å². The lowest BCUT2D eigenvalue weighted by molar-refractivity contribution is -0.137. The Kier molecular flexibility index (Phi) is 3.51. The Bertz CT molecular complexity index is 576. The maximum Gasteiger partial charge on any atom is 0.303 e. The zero-order valence-corrected chi connectivity index (χ0v) is 10.4. The van der Waals surface area contributed by atoms with Gasteiger partial charge >= 0.3 is 5.97 Å². The predicted molar refractivity (Wildman–Crippen MR) is 66.8 cm³/mol. The number of primary amides is 1. The number of amides is 3. The molecule has 0 fully saturated rings. The van der Waals surface area contributed by atoms with E-state index < -0.39 is 29.7 Å². The number of benzene rings is 1. The van der Waals surface area contributed by atoms with Gasteiger partial charge in [0.2, 0.25) is 5.91 Å². The third-order valence-corrected chi connectivity index (χ3v) is 3.10. The van der Waals surface area contributed by atoms with Crippen molar-refractivity contribution in [1.82, 2.24) is 4.90 Å². The first-order valence-electron chi connectivity index (χ1n) is 5.91. The first kappa shape index (κ1) is 13.7. The number of aliphatic carboxylic acids is 1. The molecule has 1 aliphatic heterocycles. The number of imide groups is 1. The van der Waals surface area contributed by atoms with E-state index >= 15 is 0 Å². The number of hydrogen-bond donors (Lipinski definition) is 2. The van der Waals surface area contributed by atoms with Crippen molar-refractivity contribution in [2.24, 2.45) is 5.73 Å². The molecule has 0 bridgehead atoms. The maximum absolute atomic E-state index is 12.1. The van der Waals surface area contributed by atoms with E-state index in [2.05, 4.69) is 0 Å². The molecule has 1 aromatic rings. The lowest BCUT2D eigenvalue weighted by atomic mass is 10.1. The number of nitrogens with zero attached hydrogens (tertiary/aromatic N) is 1. The fourth-order valence-electron chi connectivity index (χ4n) is 2.15. The van der Waals surface area contributed by atoms with Crippen LogP contribution in [0.3, 0.4) is 0 Å². The van der Waals surface area contributed by atoms with Crippen molar-refractivity contribution in [3.8, 4) is 0 Å². The molecule has 0 saturated carbocycles. The Morgan fingerprint density at radius 1 is 1.15 bits per heavy atom. The Labute approximate surface area is 114 Å². The summed E-state index contributed by atoms with van der Waals surface area (Å²) in [4.78, 5) is 47.0. The predicted octanol–water partition coefficient (Wildman–Crippen LogP) is 0.00130. The van der Waals surface area contributed by atoms with Gasteiger partial charge in [0.05, 0.1) is 11.1 Å². The summed E-state index contributed by atoms with van der Waals surface area (Å²) in [6.07, 6.45) is -0.558. The topological polar surface area (TPSA) is 118 Å². The molecular formula is C13H12N2O5. The van der Waals surface area contributed by atoms with Gasteiger partial charge in [-0.2, -0.15) is 0 Å². The number of carbonyl (C=O) groups is 4. The van der Waals surface area contributed by atoms with Crippen molar-refractivity contribution in [1.29, 1.82) is 0 Å². The summed E-state index contributed by atoms with van der Waals surface area (Å²) in [5.74, 6) is -3.28. The zero-order chi connectivity index (χ0) is 14.9. The van der Waals surface area contributed by atoms with Gasteiger partial charge in [0.15, 0.2) is 0 Å². The molecule has 0 unspecified atom stereocenters. The van der Waals surface area contributed by atoms with Gasteiger partial charge in [-0.15, -0.1) is 0 Å². The van der Waals surface area contributed by atoms with Gasteiger partial charge in [0.1, 0.15) is 6.04 Å². The number of rotatable bonds is 5. The second kappa shape index (κ2) is 5.12. The van der Waals surface area contributed by atoms with Crippen molar-refractivity contribution in [2.75, 3.05) is 0 Å². The lowest BCUT2D eigenvalue weighted by Crippen LogP contribution is -2.48. The van der Waals surface area contributed by atoms with Crippen LogP contribution in [0, 0.1) is 0 Å². The van der Waals surface area contributed by atoms with E-state index in [-0.39, 0.29) is 24.0 Å². The summed E-state index contributed by atoms with van der Waals surface area (Å²) < 4.78 is 0. The van der Waals surface area contributed by atoms with E-state index in [1.165, 1.54) is 12.1 Å². The molecule has 0 spiro atoms. The quantitative estimate of drug-likeness (QED) is 0.734. The minimum atomic E-state index is -1.25. The van der Waals surface area contributed by atoms with Crippen LogP contribution in [0.2, 0.25) is 0 Å². The van der Waals surface area contributed by atoms with Crippen LogP contribution in [0.4, 0.5) is 0 Å². The highest BCUT2D eigenvalue weighted by molar-refractivity contribution is 6.22. The van der Waals surface area contributed by atoms with Crippen molar-refractivity contribution in [3.05, 3.63) is 35.4 Å². The van der Waals surface area contributed by atoms with Crippen LogP contribution >= 0.6 is 0 Å². The van der Waals surface area contributed by atoms with E-state index in [4.69, 9.17) is 10.8 Å². The summed E-state index contributed by atoms with van der Waals surface area (Å²) in [6.45, 7) is 0. The third-order valence-electron chi connectivity index (χ3n) is 3.10. The average Bonchev–Trinajstić information content (AvgIpc) is 2.64. The van der Waals surface area contributed by atoms with Gasteiger partial charge in [0.25, 0.3) is 11.8 Å². The highest BCUT2D eigenvalue weighted by atomic mass is 16.4. The fraction of sp³-hybridized carbons (Fsp3) is 0.231. The Balaban J connectivity index is 2.32. The molecule has 0 radical (unpaired) electrons. The Hall–Kier alpha value is -2.70. The number of carboxylic acids is 1. The zero-order valence-electron chi connectivity index (χ0n) is 10.4. The molecule has 0 aliphatic carbocycles. The molecule has 1 atom stereocenters. The molecule has 0 saturated heterocycles. The largest absolute Gasteiger partial charge is 0.481 e. The Morgan fingerprint density at radius 2 is 1.65 bits per heavy atom. The molecule has 7 nitrogen and oxygen atoms in total. The number of hydrogen-bond acceptors (Lipinski definition) is 4. The van der Waals surface area contributed by atoms with Crippen LogP contribution in [0.5, 0.6) is 0 Å². The van der Waals surface area contributed by atoms with E-state index in [1.54, 1.807) is 12.1 Å². The molecule has 7 heteroatoms. The molecule has 2 rings (SSSR count). The molecule has 20 heavy (non-hydrogen) atoms. The molecule has 3 N–H and O–H groups in total. The van der Waals surface area contributed by atoms with Crippen molar-refractivity contribution in [3.63, 3.8) is 0 Å². The standard InChI is InChI=1S/C13H12N2O5/c14-11(18)9(5-6-10(16)17)15-12(19)7-3-1-2-4-8(7)13(15)20/h1-4,9H,5-6H2,(H2,14,18)(H,16,17)/t9-/m1/s1. The summed E-state index contributed by atoms with van der Waals surface area (Å²) in [5.41, 5.74) is 5.57. The lowest BCUT2D eigenvalue weighted by Gasteiger charge is -2.22. The van der Waals surface area contributed by atoms with Crippen LogP contribution in [-0.4, -0.2) is 39.7 Å². The normalized spacial score (nSPS) is 15.1. The number of carbonyl (C=O) groups excluding carboxylic acids is 3. The van der Waals surface area contributed by atoms with Crippen LogP contribution in [-0.2, 0) is 9.59 Å². The number of nitrogens with two attached hydrogens (primary N) is 1. The SMILES string of the molecule is NC(=O)[C@@H](CCC(=O)O)N1C(=O)c2ccccc2C1=O. The van der Waals surface area contributed by atoms with Crippen LogP contribution in [0.1, 0.15) is 33.6 Å². The van der Waals surface area contributed by atoms with Crippen LogP contribution < -0.4 is 5.73 Å². The summed E-state index contributed by atoms with van der Waals surface area (Å²) in [5, 5.41) is 8.65. The summed E-state index contributed by atoms with van der Waals surface area (Å²) in [6, 6.07) is 4.91. The maximum atomic E-state index is 12.1. The van der Waals surface area contributed by atoms with Gasteiger partial charge in [-0.05, 0) is 18.6 Å². The van der Waals surface area contributed by atoms with Crippen molar-refractivity contribution in [2.45, 2.75) is 18.9 Å². The van der Waals surface area contributed by atoms with Crippen molar-refractivity contribution < 1.29 is 24.3 Å². The van der Waals surface area contributed by atoms with Gasteiger partial charge in [-0.1, -0.05) is 12.1 Å². The minimum Gasteiger partial charge on any atom is -0.481 e. The second-order valence-corrected chi connectivity index (χ2v) is 4.38. The molecule has 1 aliphatic rings. The minimum absolute atomic E-state index is 0.194. The average molecular weight is 276 g/mol. The molecule has 1 heterocycles. The molecule has 0 aromatic heterocycles. The molecule has 3 amide bonds. The first-order valence-corrected chi connectivity index (χ1v) is 5.91. The third kappa shape index (κ3) is 2.25. The van der Waals surface area contributed by atoms with E-state index in [9.17, 15) is 19.2 Å².